The highest BCUT2D eigenvalue weighted by Gasteiger charge is 2.23. The highest BCUT2D eigenvalue weighted by atomic mass is 16.6. The quantitative estimate of drug-likeness (QED) is 0.912. The first-order valence-electron chi connectivity index (χ1n) is 7.82. The Bertz CT molecular complexity index is 561. The Labute approximate surface area is 137 Å². The molecule has 2 rings (SSSR count). The molecule has 1 aliphatic heterocycles. The molecule has 2 N–H and O–H groups in total. The van der Waals surface area contributed by atoms with Gasteiger partial charge in [-0.05, 0) is 38.6 Å². The molecular formula is C17H25N3O3. The van der Waals surface area contributed by atoms with E-state index in [9.17, 15) is 9.59 Å². The van der Waals surface area contributed by atoms with Crippen molar-refractivity contribution >= 4 is 12.0 Å². The fraction of sp³-hybridized carbons (Fsp3) is 0.529. The van der Waals surface area contributed by atoms with Crippen LogP contribution in [0.5, 0.6) is 0 Å². The molecule has 1 saturated heterocycles. The molecule has 0 unspecified atom stereocenters. The van der Waals surface area contributed by atoms with E-state index in [0.29, 0.717) is 12.0 Å². The van der Waals surface area contributed by atoms with E-state index < -0.39 is 11.7 Å². The van der Waals surface area contributed by atoms with E-state index in [1.165, 1.54) is 0 Å². The molecule has 23 heavy (non-hydrogen) atoms. The predicted molar refractivity (Wildman–Crippen MR) is 88.3 cm³/mol. The summed E-state index contributed by atoms with van der Waals surface area (Å²) in [5.74, 6) is 0.0669. The van der Waals surface area contributed by atoms with Crippen LogP contribution in [0.25, 0.3) is 0 Å². The second kappa shape index (κ2) is 7.00. The molecule has 0 aromatic heterocycles. The van der Waals surface area contributed by atoms with E-state index in [2.05, 4.69) is 11.9 Å². The SMILES string of the molecule is CN1CCN(C(=O)c2ccc(CC(C)(C)OC(N)=O)cc2)CC1. The third kappa shape index (κ3) is 4.96. The third-order valence-corrected chi connectivity index (χ3v) is 4.00. The van der Waals surface area contributed by atoms with Crippen molar-refractivity contribution in [1.29, 1.82) is 0 Å². The standard InChI is InChI=1S/C17H25N3O3/c1-17(2,23-16(18)22)12-13-4-6-14(7-5-13)15(21)20-10-8-19(3)9-11-20/h4-7H,8-12H2,1-3H3,(H2,18,22). The summed E-state index contributed by atoms with van der Waals surface area (Å²) < 4.78 is 5.08. The molecule has 1 heterocycles. The highest BCUT2D eigenvalue weighted by molar-refractivity contribution is 5.94. The average Bonchev–Trinajstić information content (AvgIpc) is 2.46. The molecule has 6 nitrogen and oxygen atoms in total. The Kier molecular flexibility index (Phi) is 5.26. The molecule has 1 fully saturated rings. The summed E-state index contributed by atoms with van der Waals surface area (Å²) >= 11 is 0. The second-order valence-corrected chi connectivity index (χ2v) is 6.65. The minimum absolute atomic E-state index is 0.0669. The van der Waals surface area contributed by atoms with Crippen LogP contribution in [0.1, 0.15) is 29.8 Å². The van der Waals surface area contributed by atoms with Gasteiger partial charge in [0, 0.05) is 38.2 Å². The number of carbonyl (C=O) groups excluding carboxylic acids is 2. The number of primary amides is 1. The Balaban J connectivity index is 1.99. The lowest BCUT2D eigenvalue weighted by Gasteiger charge is -2.32. The van der Waals surface area contributed by atoms with Crippen LogP contribution in [0.15, 0.2) is 24.3 Å². The van der Waals surface area contributed by atoms with Gasteiger partial charge < -0.3 is 20.3 Å². The van der Waals surface area contributed by atoms with Crippen molar-refractivity contribution in [3.05, 3.63) is 35.4 Å². The summed E-state index contributed by atoms with van der Waals surface area (Å²) in [5, 5.41) is 0. The predicted octanol–water partition coefficient (Wildman–Crippen LogP) is 1.49. The number of amides is 2. The van der Waals surface area contributed by atoms with Gasteiger partial charge in [-0.25, -0.2) is 4.79 Å². The summed E-state index contributed by atoms with van der Waals surface area (Å²) in [5.41, 5.74) is 6.08. The minimum atomic E-state index is -0.781. The fourth-order valence-corrected chi connectivity index (χ4v) is 2.76. The largest absolute Gasteiger partial charge is 0.443 e. The molecule has 0 aliphatic carbocycles. The van der Waals surface area contributed by atoms with Crippen molar-refractivity contribution in [2.24, 2.45) is 5.73 Å². The molecule has 0 bridgehead atoms. The number of nitrogens with zero attached hydrogens (tertiary/aromatic N) is 2. The van der Waals surface area contributed by atoms with E-state index in [4.69, 9.17) is 10.5 Å². The first-order chi connectivity index (χ1) is 10.8. The van der Waals surface area contributed by atoms with Gasteiger partial charge in [0.1, 0.15) is 5.60 Å². The average molecular weight is 319 g/mol. The van der Waals surface area contributed by atoms with Gasteiger partial charge in [-0.3, -0.25) is 4.79 Å². The van der Waals surface area contributed by atoms with Crippen LogP contribution in [-0.4, -0.2) is 60.6 Å². The van der Waals surface area contributed by atoms with Crippen LogP contribution >= 0.6 is 0 Å². The summed E-state index contributed by atoms with van der Waals surface area (Å²) in [4.78, 5) is 27.5. The lowest BCUT2D eigenvalue weighted by molar-refractivity contribution is 0.0460. The number of nitrogens with two attached hydrogens (primary N) is 1. The van der Waals surface area contributed by atoms with E-state index >= 15 is 0 Å². The van der Waals surface area contributed by atoms with Crippen LogP contribution < -0.4 is 5.73 Å². The first-order valence-corrected chi connectivity index (χ1v) is 7.82. The summed E-state index contributed by atoms with van der Waals surface area (Å²) in [6, 6.07) is 7.46. The van der Waals surface area contributed by atoms with Crippen molar-refractivity contribution in [3.63, 3.8) is 0 Å². The minimum Gasteiger partial charge on any atom is -0.443 e. The number of ether oxygens (including phenoxy) is 1. The van der Waals surface area contributed by atoms with E-state index in [1.54, 1.807) is 13.8 Å². The fourth-order valence-electron chi connectivity index (χ4n) is 2.76. The van der Waals surface area contributed by atoms with E-state index in [-0.39, 0.29) is 5.91 Å². The van der Waals surface area contributed by atoms with Gasteiger partial charge in [-0.2, -0.15) is 0 Å². The Morgan fingerprint density at radius 1 is 1.13 bits per heavy atom. The van der Waals surface area contributed by atoms with Crippen molar-refractivity contribution in [2.45, 2.75) is 25.9 Å². The first kappa shape index (κ1) is 17.3. The lowest BCUT2D eigenvalue weighted by atomic mass is 9.97. The number of carbonyl (C=O) groups is 2. The van der Waals surface area contributed by atoms with Crippen LogP contribution in [0, 0.1) is 0 Å². The Hall–Kier alpha value is -2.08. The number of rotatable bonds is 4. The maximum atomic E-state index is 12.5. The van der Waals surface area contributed by atoms with Crippen molar-refractivity contribution in [2.75, 3.05) is 33.2 Å². The smallest absolute Gasteiger partial charge is 0.405 e. The zero-order chi connectivity index (χ0) is 17.0. The molecular weight excluding hydrogens is 294 g/mol. The van der Waals surface area contributed by atoms with Gasteiger partial charge in [-0.1, -0.05) is 12.1 Å². The van der Waals surface area contributed by atoms with Gasteiger partial charge in [0.25, 0.3) is 5.91 Å². The van der Waals surface area contributed by atoms with Crippen LogP contribution in [0.3, 0.4) is 0 Å². The van der Waals surface area contributed by atoms with Crippen LogP contribution in [-0.2, 0) is 11.2 Å². The molecule has 1 aromatic carbocycles. The highest BCUT2D eigenvalue weighted by Crippen LogP contribution is 2.18. The number of hydrogen-bond donors (Lipinski definition) is 1. The van der Waals surface area contributed by atoms with Crippen molar-refractivity contribution < 1.29 is 14.3 Å². The topological polar surface area (TPSA) is 75.9 Å². The number of likely N-dealkylation sites (N-methyl/N-ethyl adjacent to an activating group) is 1. The van der Waals surface area contributed by atoms with E-state index in [0.717, 1.165) is 31.7 Å². The van der Waals surface area contributed by atoms with Gasteiger partial charge in [0.2, 0.25) is 0 Å². The number of hydrogen-bond acceptors (Lipinski definition) is 4. The van der Waals surface area contributed by atoms with Crippen LogP contribution in [0.4, 0.5) is 4.79 Å². The number of piperazine rings is 1. The Morgan fingerprint density at radius 2 is 1.70 bits per heavy atom. The molecule has 2 amide bonds. The summed E-state index contributed by atoms with van der Waals surface area (Å²) in [7, 11) is 2.06. The molecule has 126 valence electrons. The van der Waals surface area contributed by atoms with Crippen LogP contribution in [0.2, 0.25) is 0 Å². The van der Waals surface area contributed by atoms with E-state index in [1.807, 2.05) is 29.2 Å². The molecule has 6 heteroatoms. The van der Waals surface area contributed by atoms with Gasteiger partial charge >= 0.3 is 6.09 Å². The van der Waals surface area contributed by atoms with Gasteiger partial charge in [0.15, 0.2) is 0 Å². The lowest BCUT2D eigenvalue weighted by Crippen LogP contribution is -2.47. The van der Waals surface area contributed by atoms with Crippen molar-refractivity contribution in [3.8, 4) is 0 Å². The molecule has 0 spiro atoms. The zero-order valence-corrected chi connectivity index (χ0v) is 14.0. The third-order valence-electron chi connectivity index (χ3n) is 4.00. The van der Waals surface area contributed by atoms with Gasteiger partial charge in [-0.15, -0.1) is 0 Å². The number of benzene rings is 1. The second-order valence-electron chi connectivity index (χ2n) is 6.65. The monoisotopic (exact) mass is 319 g/mol. The van der Waals surface area contributed by atoms with Gasteiger partial charge in [0.05, 0.1) is 0 Å². The van der Waals surface area contributed by atoms with Crippen molar-refractivity contribution in [1.82, 2.24) is 9.80 Å². The summed E-state index contributed by atoms with van der Waals surface area (Å²) in [6.45, 7) is 6.94. The normalized spacial score (nSPS) is 16.2. The molecule has 1 aliphatic rings. The molecule has 0 saturated carbocycles. The Morgan fingerprint density at radius 3 is 2.22 bits per heavy atom. The maximum absolute atomic E-state index is 12.5. The zero-order valence-electron chi connectivity index (χ0n) is 14.0. The summed E-state index contributed by atoms with van der Waals surface area (Å²) in [6.07, 6.45) is -0.240. The molecule has 0 atom stereocenters. The maximum Gasteiger partial charge on any atom is 0.405 e. The molecule has 1 aromatic rings. The molecule has 0 radical (unpaired) electrons.